The molecular weight excluding hydrogens is 264 g/mol. The van der Waals surface area contributed by atoms with E-state index in [-0.39, 0.29) is 5.91 Å². The van der Waals surface area contributed by atoms with Gasteiger partial charge in [0.05, 0.1) is 6.20 Å². The number of rotatable bonds is 3. The van der Waals surface area contributed by atoms with Crippen LogP contribution in [0.2, 0.25) is 0 Å². The summed E-state index contributed by atoms with van der Waals surface area (Å²) in [6, 6.07) is 5.87. The summed E-state index contributed by atoms with van der Waals surface area (Å²) in [5.74, 6) is -0.0150. The van der Waals surface area contributed by atoms with Crippen LogP contribution >= 0.6 is 0 Å². The first kappa shape index (κ1) is 13.7. The Bertz CT molecular complexity index is 675. The molecule has 3 rings (SSSR count). The lowest BCUT2D eigenvalue weighted by atomic mass is 9.97. The van der Waals surface area contributed by atoms with Gasteiger partial charge in [-0.15, -0.1) is 0 Å². The van der Waals surface area contributed by atoms with Crippen LogP contribution in [0.25, 0.3) is 0 Å². The van der Waals surface area contributed by atoms with E-state index in [1.807, 2.05) is 36.9 Å². The number of carbonyl (C=O) groups excluding carboxylic acids is 1. The number of fused-ring (bicyclic) bond motifs is 1. The van der Waals surface area contributed by atoms with Crippen LogP contribution in [0.1, 0.15) is 33.6 Å². The fraction of sp³-hybridized carbons (Fsp3) is 0.375. The zero-order chi connectivity index (χ0) is 14.8. The number of hydrogen-bond acceptors (Lipinski definition) is 3. The highest BCUT2D eigenvalue weighted by Crippen LogP contribution is 2.25. The molecule has 0 radical (unpaired) electrons. The van der Waals surface area contributed by atoms with Crippen LogP contribution in [0.3, 0.4) is 0 Å². The van der Waals surface area contributed by atoms with E-state index >= 15 is 0 Å². The van der Waals surface area contributed by atoms with Gasteiger partial charge in [-0.1, -0.05) is 6.07 Å². The molecule has 5 heteroatoms. The van der Waals surface area contributed by atoms with Crippen molar-refractivity contribution in [2.45, 2.75) is 26.3 Å². The third-order valence-electron chi connectivity index (χ3n) is 4.12. The number of hydrogen-bond donors (Lipinski definition) is 2. The van der Waals surface area contributed by atoms with Gasteiger partial charge in [0.2, 0.25) is 0 Å². The summed E-state index contributed by atoms with van der Waals surface area (Å²) >= 11 is 0. The van der Waals surface area contributed by atoms with Gasteiger partial charge in [0.25, 0.3) is 5.91 Å². The summed E-state index contributed by atoms with van der Waals surface area (Å²) in [4.78, 5) is 12.4. The van der Waals surface area contributed by atoms with Gasteiger partial charge in [-0.2, -0.15) is 5.10 Å². The summed E-state index contributed by atoms with van der Waals surface area (Å²) < 4.78 is 1.82. The maximum atomic E-state index is 12.4. The predicted molar refractivity (Wildman–Crippen MR) is 82.4 cm³/mol. The topological polar surface area (TPSA) is 59.0 Å². The highest BCUT2D eigenvalue weighted by Gasteiger charge is 2.17. The minimum absolute atomic E-state index is 0.0150. The Morgan fingerprint density at radius 1 is 1.48 bits per heavy atom. The number of anilines is 1. The number of nitrogens with zero attached hydrogens (tertiary/aromatic N) is 2. The molecule has 0 bridgehead atoms. The Balaban J connectivity index is 1.75. The highest BCUT2D eigenvalue weighted by molar-refractivity contribution is 5.97. The van der Waals surface area contributed by atoms with Crippen molar-refractivity contribution < 1.29 is 4.79 Å². The summed E-state index contributed by atoms with van der Waals surface area (Å²) in [5, 5.41) is 10.5. The number of aromatic nitrogens is 2. The average molecular weight is 284 g/mol. The Labute approximate surface area is 124 Å². The second kappa shape index (κ2) is 5.60. The average Bonchev–Trinajstić information content (AvgIpc) is 2.84. The minimum Gasteiger partial charge on any atom is -0.385 e. The van der Waals surface area contributed by atoms with Gasteiger partial charge in [-0.25, -0.2) is 0 Å². The van der Waals surface area contributed by atoms with Crippen molar-refractivity contribution >= 4 is 11.6 Å². The number of carbonyl (C=O) groups is 1. The first-order valence-electron chi connectivity index (χ1n) is 7.28. The van der Waals surface area contributed by atoms with Crippen molar-refractivity contribution in [3.63, 3.8) is 0 Å². The summed E-state index contributed by atoms with van der Waals surface area (Å²) in [6.07, 6.45) is 3.83. The first-order valence-corrected chi connectivity index (χ1v) is 7.28. The molecule has 2 heterocycles. The van der Waals surface area contributed by atoms with Crippen molar-refractivity contribution in [2.24, 2.45) is 7.05 Å². The van der Waals surface area contributed by atoms with Crippen molar-refractivity contribution in [1.29, 1.82) is 0 Å². The maximum absolute atomic E-state index is 12.4. The number of amides is 1. The summed E-state index contributed by atoms with van der Waals surface area (Å²) in [7, 11) is 1.90. The molecule has 0 saturated carbocycles. The minimum atomic E-state index is -0.0150. The van der Waals surface area contributed by atoms with Crippen LogP contribution in [0.4, 0.5) is 5.69 Å². The molecule has 1 aromatic carbocycles. The van der Waals surface area contributed by atoms with Gasteiger partial charge < -0.3 is 10.6 Å². The molecule has 1 amide bonds. The van der Waals surface area contributed by atoms with Crippen LogP contribution in [-0.2, 0) is 20.0 Å². The standard InChI is InChI=1S/C16H20N4O/c1-11-12(10-19-20(11)2)9-18-16(21)14-5-3-7-15-13(14)6-4-8-17-15/h3,5,7,10,17H,4,6,8-9H2,1-2H3,(H,18,21). The van der Waals surface area contributed by atoms with Crippen LogP contribution in [0.5, 0.6) is 0 Å². The lowest BCUT2D eigenvalue weighted by molar-refractivity contribution is 0.0950. The first-order chi connectivity index (χ1) is 10.2. The van der Waals surface area contributed by atoms with Gasteiger partial charge in [0.15, 0.2) is 0 Å². The van der Waals surface area contributed by atoms with E-state index < -0.39 is 0 Å². The molecule has 2 aromatic rings. The third kappa shape index (κ3) is 2.63. The monoisotopic (exact) mass is 284 g/mol. The normalized spacial score (nSPS) is 13.4. The largest absolute Gasteiger partial charge is 0.385 e. The molecule has 1 aliphatic rings. The van der Waals surface area contributed by atoms with E-state index in [2.05, 4.69) is 15.7 Å². The van der Waals surface area contributed by atoms with E-state index in [1.54, 1.807) is 6.20 Å². The van der Waals surface area contributed by atoms with Crippen molar-refractivity contribution in [2.75, 3.05) is 11.9 Å². The van der Waals surface area contributed by atoms with Gasteiger partial charge in [0, 0.05) is 42.6 Å². The molecule has 5 nitrogen and oxygen atoms in total. The second-order valence-corrected chi connectivity index (χ2v) is 5.42. The Hall–Kier alpha value is -2.30. The molecule has 110 valence electrons. The number of aryl methyl sites for hydroxylation is 1. The fourth-order valence-electron chi connectivity index (χ4n) is 2.71. The molecule has 21 heavy (non-hydrogen) atoms. The molecule has 0 spiro atoms. The van der Waals surface area contributed by atoms with Crippen molar-refractivity contribution in [3.8, 4) is 0 Å². The Kier molecular flexibility index (Phi) is 3.64. The van der Waals surface area contributed by atoms with E-state index in [0.29, 0.717) is 6.54 Å². The third-order valence-corrected chi connectivity index (χ3v) is 4.12. The quantitative estimate of drug-likeness (QED) is 0.906. The lowest BCUT2D eigenvalue weighted by Crippen LogP contribution is -2.25. The van der Waals surface area contributed by atoms with E-state index in [9.17, 15) is 4.79 Å². The predicted octanol–water partition coefficient (Wildman–Crippen LogP) is 2.02. The van der Waals surface area contributed by atoms with E-state index in [1.165, 1.54) is 0 Å². The fourth-order valence-corrected chi connectivity index (χ4v) is 2.71. The smallest absolute Gasteiger partial charge is 0.251 e. The SMILES string of the molecule is Cc1c(CNC(=O)c2cccc3c2CCCN3)cnn1C. The Morgan fingerprint density at radius 2 is 2.33 bits per heavy atom. The van der Waals surface area contributed by atoms with Gasteiger partial charge >= 0.3 is 0 Å². The maximum Gasteiger partial charge on any atom is 0.251 e. The zero-order valence-corrected chi connectivity index (χ0v) is 12.4. The molecule has 1 aliphatic heterocycles. The molecule has 0 unspecified atom stereocenters. The highest BCUT2D eigenvalue weighted by atomic mass is 16.1. The van der Waals surface area contributed by atoms with Crippen LogP contribution in [0, 0.1) is 6.92 Å². The van der Waals surface area contributed by atoms with Gasteiger partial charge in [0.1, 0.15) is 0 Å². The van der Waals surface area contributed by atoms with Crippen LogP contribution < -0.4 is 10.6 Å². The summed E-state index contributed by atoms with van der Waals surface area (Å²) in [6.45, 7) is 3.49. The number of nitrogens with one attached hydrogen (secondary N) is 2. The number of benzene rings is 1. The van der Waals surface area contributed by atoms with Crippen molar-refractivity contribution in [1.82, 2.24) is 15.1 Å². The van der Waals surface area contributed by atoms with Crippen LogP contribution in [0.15, 0.2) is 24.4 Å². The van der Waals surface area contributed by atoms with E-state index in [4.69, 9.17) is 0 Å². The Morgan fingerprint density at radius 3 is 3.10 bits per heavy atom. The molecular formula is C16H20N4O. The molecule has 0 saturated heterocycles. The second-order valence-electron chi connectivity index (χ2n) is 5.42. The molecule has 0 fully saturated rings. The van der Waals surface area contributed by atoms with Gasteiger partial charge in [-0.05, 0) is 37.5 Å². The van der Waals surface area contributed by atoms with Gasteiger partial charge in [-0.3, -0.25) is 9.48 Å². The molecule has 0 aliphatic carbocycles. The lowest BCUT2D eigenvalue weighted by Gasteiger charge is -2.20. The van der Waals surface area contributed by atoms with Crippen molar-refractivity contribution in [3.05, 3.63) is 46.8 Å². The molecule has 2 N–H and O–H groups in total. The molecule has 1 aromatic heterocycles. The summed E-state index contributed by atoms with van der Waals surface area (Å²) in [5.41, 5.74) is 5.12. The van der Waals surface area contributed by atoms with E-state index in [0.717, 1.165) is 47.5 Å². The molecule has 0 atom stereocenters. The zero-order valence-electron chi connectivity index (χ0n) is 12.4. The van der Waals surface area contributed by atoms with Crippen LogP contribution in [-0.4, -0.2) is 22.2 Å².